The summed E-state index contributed by atoms with van der Waals surface area (Å²) < 4.78 is 31.6. The molecular formula is C16H21F2NO5. The number of carboxylic acids is 1. The van der Waals surface area contributed by atoms with Crippen LogP contribution < -0.4 is 5.32 Å². The zero-order valence-electron chi connectivity index (χ0n) is 13.7. The number of halogens is 2. The van der Waals surface area contributed by atoms with Crippen molar-refractivity contribution in [3.63, 3.8) is 0 Å². The second-order valence-corrected chi connectivity index (χ2v) is 6.40. The molecule has 0 bridgehead atoms. The molecule has 0 aromatic heterocycles. The van der Waals surface area contributed by atoms with Crippen LogP contribution in [0.15, 0.2) is 18.2 Å². The van der Waals surface area contributed by atoms with Gasteiger partial charge in [0.25, 0.3) is 0 Å². The van der Waals surface area contributed by atoms with E-state index in [1.165, 1.54) is 0 Å². The number of carbonyl (C=O) groups excluding carboxylic acids is 1. The second-order valence-electron chi connectivity index (χ2n) is 6.40. The van der Waals surface area contributed by atoms with Gasteiger partial charge in [-0.05, 0) is 44.9 Å². The van der Waals surface area contributed by atoms with E-state index in [-0.39, 0.29) is 12.0 Å². The van der Waals surface area contributed by atoms with Crippen molar-refractivity contribution in [1.29, 1.82) is 0 Å². The molecule has 0 spiro atoms. The zero-order valence-corrected chi connectivity index (χ0v) is 13.7. The van der Waals surface area contributed by atoms with Crippen LogP contribution in [-0.2, 0) is 16.0 Å². The molecule has 0 saturated carbocycles. The lowest BCUT2D eigenvalue weighted by Gasteiger charge is -2.26. The number of nitrogens with one attached hydrogen (secondary N) is 1. The van der Waals surface area contributed by atoms with Crippen molar-refractivity contribution < 1.29 is 33.3 Å². The molecule has 24 heavy (non-hydrogen) atoms. The number of aliphatic hydroxyl groups excluding tert-OH is 1. The molecular weight excluding hydrogens is 324 g/mol. The van der Waals surface area contributed by atoms with E-state index in [0.29, 0.717) is 6.07 Å². The van der Waals surface area contributed by atoms with Crippen LogP contribution in [0.2, 0.25) is 0 Å². The number of aliphatic carboxylic acids is 1. The van der Waals surface area contributed by atoms with Crippen LogP contribution in [0.4, 0.5) is 13.6 Å². The number of aliphatic hydroxyl groups is 1. The summed E-state index contributed by atoms with van der Waals surface area (Å²) in [7, 11) is 0. The Morgan fingerprint density at radius 3 is 2.21 bits per heavy atom. The number of benzene rings is 1. The van der Waals surface area contributed by atoms with E-state index < -0.39 is 47.9 Å². The predicted octanol–water partition coefficient (Wildman–Crippen LogP) is 2.24. The van der Waals surface area contributed by atoms with Gasteiger partial charge >= 0.3 is 12.1 Å². The standard InChI is InChI=1S/C16H21F2NO5/c1-16(2,3)24-15(23)19-12(13(20)8-14(21)22)6-9-4-10(17)7-11(18)5-9/h4-5,7,12-13,20H,6,8H2,1-3H3,(H,19,23)(H,21,22)/t12-,13+/m0/s1. The first kappa shape index (κ1) is 19.8. The highest BCUT2D eigenvalue weighted by molar-refractivity contribution is 5.69. The number of alkyl carbamates (subject to hydrolysis) is 1. The molecule has 1 aromatic rings. The lowest BCUT2D eigenvalue weighted by atomic mass is 9.99. The van der Waals surface area contributed by atoms with E-state index in [1.807, 2.05) is 0 Å². The van der Waals surface area contributed by atoms with Crippen LogP contribution in [0.3, 0.4) is 0 Å². The van der Waals surface area contributed by atoms with Gasteiger partial charge in [0.2, 0.25) is 0 Å². The van der Waals surface area contributed by atoms with Crippen LogP contribution in [0.5, 0.6) is 0 Å². The van der Waals surface area contributed by atoms with Crippen LogP contribution in [0.25, 0.3) is 0 Å². The minimum atomic E-state index is -1.46. The van der Waals surface area contributed by atoms with Crippen molar-refractivity contribution in [1.82, 2.24) is 5.32 Å². The van der Waals surface area contributed by atoms with Crippen LogP contribution >= 0.6 is 0 Å². The molecule has 0 radical (unpaired) electrons. The van der Waals surface area contributed by atoms with Crippen molar-refractivity contribution in [3.8, 4) is 0 Å². The summed E-state index contributed by atoms with van der Waals surface area (Å²) in [4.78, 5) is 22.6. The second kappa shape index (κ2) is 8.05. The average Bonchev–Trinajstić information content (AvgIpc) is 2.33. The van der Waals surface area contributed by atoms with E-state index in [2.05, 4.69) is 5.32 Å². The van der Waals surface area contributed by atoms with Gasteiger partial charge in [0.1, 0.15) is 17.2 Å². The molecule has 6 nitrogen and oxygen atoms in total. The topological polar surface area (TPSA) is 95.9 Å². The third-order valence-corrected chi connectivity index (χ3v) is 2.93. The summed E-state index contributed by atoms with van der Waals surface area (Å²) in [5.74, 6) is -2.90. The smallest absolute Gasteiger partial charge is 0.407 e. The Kier molecular flexibility index (Phi) is 6.65. The maximum Gasteiger partial charge on any atom is 0.407 e. The first-order valence-electron chi connectivity index (χ1n) is 7.30. The van der Waals surface area contributed by atoms with Crippen molar-refractivity contribution >= 4 is 12.1 Å². The van der Waals surface area contributed by atoms with Gasteiger partial charge in [-0.1, -0.05) is 0 Å². The van der Waals surface area contributed by atoms with Crippen molar-refractivity contribution in [2.45, 2.75) is 51.4 Å². The molecule has 0 fully saturated rings. The Balaban J connectivity index is 2.92. The average molecular weight is 345 g/mol. The number of hydrogen-bond donors (Lipinski definition) is 3. The Morgan fingerprint density at radius 1 is 1.21 bits per heavy atom. The number of carbonyl (C=O) groups is 2. The normalized spacial score (nSPS) is 13.9. The van der Waals surface area contributed by atoms with Gasteiger partial charge in [0, 0.05) is 6.07 Å². The highest BCUT2D eigenvalue weighted by Crippen LogP contribution is 2.14. The van der Waals surface area contributed by atoms with Gasteiger partial charge in [-0.15, -0.1) is 0 Å². The number of amides is 1. The van der Waals surface area contributed by atoms with Gasteiger partial charge in [-0.25, -0.2) is 13.6 Å². The third-order valence-electron chi connectivity index (χ3n) is 2.93. The fourth-order valence-electron chi connectivity index (χ4n) is 2.05. The Morgan fingerprint density at radius 2 is 1.75 bits per heavy atom. The summed E-state index contributed by atoms with van der Waals surface area (Å²) >= 11 is 0. The molecule has 134 valence electrons. The first-order valence-corrected chi connectivity index (χ1v) is 7.30. The number of hydrogen-bond acceptors (Lipinski definition) is 4. The monoisotopic (exact) mass is 345 g/mol. The summed E-state index contributed by atoms with van der Waals surface area (Å²) in [5, 5.41) is 21.1. The summed E-state index contributed by atoms with van der Waals surface area (Å²) in [6, 6.07) is 1.69. The van der Waals surface area contributed by atoms with Crippen LogP contribution in [0, 0.1) is 11.6 Å². The quantitative estimate of drug-likeness (QED) is 0.735. The van der Waals surface area contributed by atoms with Crippen molar-refractivity contribution in [2.24, 2.45) is 0 Å². The van der Waals surface area contributed by atoms with E-state index in [1.54, 1.807) is 20.8 Å². The van der Waals surface area contributed by atoms with Gasteiger partial charge in [-0.3, -0.25) is 4.79 Å². The highest BCUT2D eigenvalue weighted by Gasteiger charge is 2.26. The SMILES string of the molecule is CC(C)(C)OC(=O)N[C@@H](Cc1cc(F)cc(F)c1)[C@H](O)CC(=O)O. The van der Waals surface area contributed by atoms with Crippen molar-refractivity contribution in [2.75, 3.05) is 0 Å². The lowest BCUT2D eigenvalue weighted by molar-refractivity contribution is -0.139. The summed E-state index contributed by atoms with van der Waals surface area (Å²) in [5.41, 5.74) is -0.629. The van der Waals surface area contributed by atoms with Crippen molar-refractivity contribution in [3.05, 3.63) is 35.4 Å². The fourth-order valence-corrected chi connectivity index (χ4v) is 2.05. The van der Waals surface area contributed by atoms with Crippen LogP contribution in [0.1, 0.15) is 32.8 Å². The van der Waals surface area contributed by atoms with Gasteiger partial charge in [0.15, 0.2) is 0 Å². The van der Waals surface area contributed by atoms with Gasteiger partial charge in [0.05, 0.1) is 18.6 Å². The maximum absolute atomic E-state index is 13.3. The fraction of sp³-hybridized carbons (Fsp3) is 0.500. The molecule has 1 rings (SSSR count). The third kappa shape index (κ3) is 7.36. The van der Waals surface area contributed by atoms with Gasteiger partial charge < -0.3 is 20.3 Å². The number of ether oxygens (including phenoxy) is 1. The molecule has 1 amide bonds. The van der Waals surface area contributed by atoms with Gasteiger partial charge in [-0.2, -0.15) is 0 Å². The van der Waals surface area contributed by atoms with Crippen LogP contribution in [-0.4, -0.2) is 40.0 Å². The van der Waals surface area contributed by atoms with E-state index in [9.17, 15) is 23.5 Å². The predicted molar refractivity (Wildman–Crippen MR) is 81.5 cm³/mol. The number of carboxylic acid groups (broad SMARTS) is 1. The molecule has 0 heterocycles. The maximum atomic E-state index is 13.3. The molecule has 0 aliphatic carbocycles. The minimum Gasteiger partial charge on any atom is -0.481 e. The Hall–Kier alpha value is -2.22. The van der Waals surface area contributed by atoms with E-state index in [4.69, 9.17) is 9.84 Å². The number of rotatable bonds is 6. The zero-order chi connectivity index (χ0) is 18.5. The molecule has 8 heteroatoms. The molecule has 1 aromatic carbocycles. The molecule has 0 unspecified atom stereocenters. The Bertz CT molecular complexity index is 580. The summed E-state index contributed by atoms with van der Waals surface area (Å²) in [6.45, 7) is 4.91. The summed E-state index contributed by atoms with van der Waals surface area (Å²) in [6.07, 6.45) is -3.13. The minimum absolute atomic E-state index is 0.164. The Labute approximate surface area is 138 Å². The van der Waals surface area contributed by atoms with E-state index >= 15 is 0 Å². The largest absolute Gasteiger partial charge is 0.481 e. The van der Waals surface area contributed by atoms with E-state index in [0.717, 1.165) is 12.1 Å². The molecule has 0 saturated heterocycles. The first-order chi connectivity index (χ1) is 11.0. The molecule has 0 aliphatic rings. The molecule has 2 atom stereocenters. The molecule has 3 N–H and O–H groups in total. The lowest BCUT2D eigenvalue weighted by Crippen LogP contribution is -2.47. The highest BCUT2D eigenvalue weighted by atomic mass is 19.1. The molecule has 0 aliphatic heterocycles.